The highest BCUT2D eigenvalue weighted by Crippen LogP contribution is 2.33. The molecule has 82 valence electrons. The topological polar surface area (TPSA) is 26.0 Å². The van der Waals surface area contributed by atoms with Gasteiger partial charge in [0.15, 0.2) is 0 Å². The Kier molecular flexibility index (Phi) is 3.81. The summed E-state index contributed by atoms with van der Waals surface area (Å²) in [5.41, 5.74) is 7.59. The van der Waals surface area contributed by atoms with Crippen LogP contribution in [0.5, 0.6) is 0 Å². The Morgan fingerprint density at radius 3 is 2.60 bits per heavy atom. The summed E-state index contributed by atoms with van der Waals surface area (Å²) >= 11 is 3.50. The number of hydrogen-bond acceptors (Lipinski definition) is 1. The van der Waals surface area contributed by atoms with Crippen molar-refractivity contribution in [2.45, 2.75) is 38.1 Å². The maximum Gasteiger partial charge on any atom is 0.0323 e. The summed E-state index contributed by atoms with van der Waals surface area (Å²) in [6, 6.07) is 8.64. The summed E-state index contributed by atoms with van der Waals surface area (Å²) in [4.78, 5) is 0. The molecule has 1 saturated carbocycles. The number of nitrogens with two attached hydrogens (primary N) is 1. The fourth-order valence-electron chi connectivity index (χ4n) is 2.48. The fourth-order valence-corrected chi connectivity index (χ4v) is 2.90. The normalized spacial score (nSPS) is 20.1. The van der Waals surface area contributed by atoms with E-state index in [4.69, 9.17) is 5.73 Å². The van der Waals surface area contributed by atoms with E-state index in [0.717, 1.165) is 4.47 Å². The van der Waals surface area contributed by atoms with Crippen LogP contribution in [0.1, 0.15) is 43.7 Å². The molecule has 0 spiro atoms. The van der Waals surface area contributed by atoms with Crippen molar-refractivity contribution >= 4 is 15.9 Å². The average Bonchev–Trinajstić information content (AvgIpc) is 2.29. The van der Waals surface area contributed by atoms with E-state index in [1.807, 2.05) is 0 Å². The van der Waals surface area contributed by atoms with Gasteiger partial charge in [-0.15, -0.1) is 0 Å². The van der Waals surface area contributed by atoms with Crippen molar-refractivity contribution in [3.05, 3.63) is 34.3 Å². The highest BCUT2D eigenvalue weighted by molar-refractivity contribution is 9.10. The third kappa shape index (κ3) is 2.82. The molecule has 1 atom stereocenters. The zero-order chi connectivity index (χ0) is 10.7. The van der Waals surface area contributed by atoms with E-state index in [0.29, 0.717) is 5.92 Å². The van der Waals surface area contributed by atoms with Crippen LogP contribution >= 0.6 is 15.9 Å². The molecule has 2 rings (SSSR count). The maximum atomic E-state index is 6.32. The predicted molar refractivity (Wildman–Crippen MR) is 67.6 cm³/mol. The van der Waals surface area contributed by atoms with Gasteiger partial charge in [-0.25, -0.2) is 0 Å². The number of benzene rings is 1. The maximum absolute atomic E-state index is 6.32. The van der Waals surface area contributed by atoms with Crippen molar-refractivity contribution in [2.75, 3.05) is 0 Å². The van der Waals surface area contributed by atoms with E-state index >= 15 is 0 Å². The molecule has 0 unspecified atom stereocenters. The first-order chi connectivity index (χ1) is 7.27. The van der Waals surface area contributed by atoms with Gasteiger partial charge in [0, 0.05) is 10.5 Å². The second-order valence-electron chi connectivity index (χ2n) is 4.48. The van der Waals surface area contributed by atoms with Gasteiger partial charge in [0.25, 0.3) is 0 Å². The summed E-state index contributed by atoms with van der Waals surface area (Å²) in [5.74, 6) is 0.688. The second kappa shape index (κ2) is 5.13. The second-order valence-corrected chi connectivity index (χ2v) is 5.39. The Morgan fingerprint density at radius 1 is 1.20 bits per heavy atom. The van der Waals surface area contributed by atoms with Crippen LogP contribution in [0.2, 0.25) is 0 Å². The molecule has 0 radical (unpaired) electrons. The van der Waals surface area contributed by atoms with E-state index in [1.54, 1.807) is 0 Å². The quantitative estimate of drug-likeness (QED) is 0.861. The molecule has 1 aliphatic rings. The van der Waals surface area contributed by atoms with Gasteiger partial charge in [0.05, 0.1) is 0 Å². The summed E-state index contributed by atoms with van der Waals surface area (Å²) in [7, 11) is 0. The van der Waals surface area contributed by atoms with Crippen molar-refractivity contribution in [1.82, 2.24) is 0 Å². The third-order valence-corrected chi connectivity index (χ3v) is 3.88. The number of halogens is 1. The lowest BCUT2D eigenvalue weighted by molar-refractivity contribution is 0.308. The Labute approximate surface area is 100 Å². The van der Waals surface area contributed by atoms with Crippen molar-refractivity contribution in [1.29, 1.82) is 0 Å². The first kappa shape index (κ1) is 11.2. The Hall–Kier alpha value is -0.340. The van der Waals surface area contributed by atoms with Crippen LogP contribution in [-0.4, -0.2) is 0 Å². The molecule has 1 aromatic carbocycles. The van der Waals surface area contributed by atoms with Gasteiger partial charge in [-0.05, 0) is 36.5 Å². The van der Waals surface area contributed by atoms with Crippen LogP contribution in [0.15, 0.2) is 28.7 Å². The van der Waals surface area contributed by atoms with Gasteiger partial charge in [0.1, 0.15) is 0 Å². The van der Waals surface area contributed by atoms with Crippen molar-refractivity contribution < 1.29 is 0 Å². The highest BCUT2D eigenvalue weighted by atomic mass is 79.9. The molecule has 0 heterocycles. The SMILES string of the molecule is N[C@H](c1cccc(Br)c1)C1CCCCC1. The lowest BCUT2D eigenvalue weighted by atomic mass is 9.82. The van der Waals surface area contributed by atoms with Crippen molar-refractivity contribution in [3.63, 3.8) is 0 Å². The molecular weight excluding hydrogens is 250 g/mol. The lowest BCUT2D eigenvalue weighted by Crippen LogP contribution is -2.23. The largest absolute Gasteiger partial charge is 0.324 e. The van der Waals surface area contributed by atoms with Crippen molar-refractivity contribution in [3.8, 4) is 0 Å². The zero-order valence-electron chi connectivity index (χ0n) is 8.95. The van der Waals surface area contributed by atoms with Crippen LogP contribution in [0.25, 0.3) is 0 Å². The van der Waals surface area contributed by atoms with Crippen LogP contribution < -0.4 is 5.73 Å². The van der Waals surface area contributed by atoms with Gasteiger partial charge in [-0.3, -0.25) is 0 Å². The van der Waals surface area contributed by atoms with E-state index < -0.39 is 0 Å². The predicted octanol–water partition coefficient (Wildman–Crippen LogP) is 4.03. The molecule has 1 aliphatic carbocycles. The van der Waals surface area contributed by atoms with Gasteiger partial charge in [-0.2, -0.15) is 0 Å². The van der Waals surface area contributed by atoms with Crippen LogP contribution in [0.3, 0.4) is 0 Å². The van der Waals surface area contributed by atoms with E-state index in [-0.39, 0.29) is 6.04 Å². The Morgan fingerprint density at radius 2 is 1.93 bits per heavy atom. The first-order valence-corrected chi connectivity index (χ1v) is 6.58. The van der Waals surface area contributed by atoms with E-state index in [1.165, 1.54) is 37.7 Å². The summed E-state index contributed by atoms with van der Waals surface area (Å²) in [6.45, 7) is 0. The highest BCUT2D eigenvalue weighted by Gasteiger charge is 2.21. The zero-order valence-corrected chi connectivity index (χ0v) is 10.5. The van der Waals surface area contributed by atoms with E-state index in [9.17, 15) is 0 Å². The van der Waals surface area contributed by atoms with Gasteiger partial charge in [0.2, 0.25) is 0 Å². The Bertz CT molecular complexity index is 318. The summed E-state index contributed by atoms with van der Waals surface area (Å²) < 4.78 is 1.13. The van der Waals surface area contributed by atoms with Crippen LogP contribution in [0.4, 0.5) is 0 Å². The molecular formula is C13H18BrN. The minimum absolute atomic E-state index is 0.225. The van der Waals surface area contributed by atoms with Gasteiger partial charge >= 0.3 is 0 Å². The molecule has 0 amide bonds. The first-order valence-electron chi connectivity index (χ1n) is 5.78. The lowest BCUT2D eigenvalue weighted by Gasteiger charge is -2.27. The molecule has 0 saturated heterocycles. The van der Waals surface area contributed by atoms with Crippen LogP contribution in [-0.2, 0) is 0 Å². The molecule has 0 bridgehead atoms. The van der Waals surface area contributed by atoms with Crippen molar-refractivity contribution in [2.24, 2.45) is 11.7 Å². The monoisotopic (exact) mass is 267 g/mol. The Balaban J connectivity index is 2.08. The summed E-state index contributed by atoms with van der Waals surface area (Å²) in [6.07, 6.45) is 6.70. The minimum atomic E-state index is 0.225. The molecule has 2 heteroatoms. The fraction of sp³-hybridized carbons (Fsp3) is 0.538. The summed E-state index contributed by atoms with van der Waals surface area (Å²) in [5, 5.41) is 0. The van der Waals surface area contributed by atoms with Gasteiger partial charge < -0.3 is 5.73 Å². The minimum Gasteiger partial charge on any atom is -0.324 e. The molecule has 15 heavy (non-hydrogen) atoms. The smallest absolute Gasteiger partial charge is 0.0323 e. The third-order valence-electron chi connectivity index (χ3n) is 3.39. The van der Waals surface area contributed by atoms with E-state index in [2.05, 4.69) is 40.2 Å². The molecule has 1 fully saturated rings. The standard InChI is InChI=1S/C13H18BrN/c14-12-8-4-7-11(9-12)13(15)10-5-2-1-3-6-10/h4,7-10,13H,1-3,5-6,15H2/t13-/m0/s1. The molecule has 1 nitrogen and oxygen atoms in total. The average molecular weight is 268 g/mol. The molecule has 0 aliphatic heterocycles. The number of hydrogen-bond donors (Lipinski definition) is 1. The van der Waals surface area contributed by atoms with Gasteiger partial charge in [-0.1, -0.05) is 47.3 Å². The molecule has 1 aromatic rings. The number of rotatable bonds is 2. The molecule has 2 N–H and O–H groups in total. The van der Waals surface area contributed by atoms with Crippen LogP contribution in [0, 0.1) is 5.92 Å². The molecule has 0 aromatic heterocycles.